The smallest absolute Gasteiger partial charge is 0.209 e. The zero-order valence-electron chi connectivity index (χ0n) is 15.6. The van der Waals surface area contributed by atoms with Crippen LogP contribution in [0.3, 0.4) is 0 Å². The first-order chi connectivity index (χ1) is 12.2. The van der Waals surface area contributed by atoms with E-state index in [1.165, 1.54) is 20.7 Å². The van der Waals surface area contributed by atoms with Gasteiger partial charge in [-0.1, -0.05) is 0 Å². The van der Waals surface area contributed by atoms with E-state index in [4.69, 9.17) is 24.4 Å². The Hall–Kier alpha value is -1.62. The number of anilines is 1. The van der Waals surface area contributed by atoms with Crippen molar-refractivity contribution in [1.29, 1.82) is 0 Å². The van der Waals surface area contributed by atoms with Crippen LogP contribution in [0.25, 0.3) is 5.69 Å². The summed E-state index contributed by atoms with van der Waals surface area (Å²) < 4.78 is 1.99. The van der Waals surface area contributed by atoms with Crippen LogP contribution < -0.4 is 14.5 Å². The Labute approximate surface area is 171 Å². The van der Waals surface area contributed by atoms with Crippen LogP contribution in [-0.4, -0.2) is 66.9 Å². The minimum Gasteiger partial charge on any atom is -0.378 e. The second kappa shape index (κ2) is 8.85. The lowest BCUT2D eigenvalue weighted by molar-refractivity contribution is 0.624. The van der Waals surface area contributed by atoms with Gasteiger partial charge in [0.05, 0.1) is 5.69 Å². The summed E-state index contributed by atoms with van der Waals surface area (Å²) in [6.45, 7) is 0. The molecule has 6 nitrogen and oxygen atoms in total. The molecule has 0 radical (unpaired) electrons. The molecule has 140 valence electrons. The molecule has 2 rings (SSSR count). The van der Waals surface area contributed by atoms with E-state index in [-0.39, 0.29) is 0 Å². The number of hydrogen-bond acceptors (Lipinski definition) is 5. The molecule has 26 heavy (non-hydrogen) atoms. The summed E-state index contributed by atoms with van der Waals surface area (Å²) in [4.78, 5) is 16.4. The molecule has 10 heteroatoms. The Balaban J connectivity index is 2.68. The van der Waals surface area contributed by atoms with E-state index in [9.17, 15) is 0 Å². The summed E-state index contributed by atoms with van der Waals surface area (Å²) in [5, 5.41) is 1.03. The van der Waals surface area contributed by atoms with Crippen molar-refractivity contribution in [2.45, 2.75) is 0 Å². The highest BCUT2D eigenvalue weighted by Gasteiger charge is 2.08. The Morgan fingerprint density at radius 1 is 0.808 bits per heavy atom. The molecule has 0 saturated carbocycles. The van der Waals surface area contributed by atoms with E-state index in [0.29, 0.717) is 10.2 Å². The van der Waals surface area contributed by atoms with Crippen molar-refractivity contribution in [3.05, 3.63) is 33.9 Å². The fraction of sp³-hybridized carbons (Fsp3) is 0.375. The first-order valence-corrected chi connectivity index (χ1v) is 10.7. The number of benzene rings is 1. The predicted octanol–water partition coefficient (Wildman–Crippen LogP) is 2.16. The van der Waals surface area contributed by atoms with E-state index in [2.05, 4.69) is 27.0 Å². The lowest BCUT2D eigenvalue weighted by atomic mass is 10.2. The molecule has 0 aliphatic carbocycles. The second-order valence-electron chi connectivity index (χ2n) is 6.06. The molecular weight excluding hydrogens is 404 g/mol. The lowest BCUT2D eigenvalue weighted by Crippen LogP contribution is -2.29. The Morgan fingerprint density at radius 3 is 1.58 bits per heavy atom. The van der Waals surface area contributed by atoms with Gasteiger partial charge in [-0.05, 0) is 69.4 Å². The minimum absolute atomic E-state index is 0.513. The molecule has 1 heterocycles. The summed E-state index contributed by atoms with van der Waals surface area (Å²) in [7, 11) is 14.6. The number of nitrogens with zero attached hydrogens (tertiary/aromatic N) is 6. The molecule has 0 spiro atoms. The van der Waals surface area contributed by atoms with E-state index in [1.807, 2.05) is 59.0 Å². The minimum atomic E-state index is 0.513. The van der Waals surface area contributed by atoms with Crippen molar-refractivity contribution < 1.29 is 0 Å². The van der Waals surface area contributed by atoms with Crippen LogP contribution in [0.15, 0.2) is 34.3 Å². The van der Waals surface area contributed by atoms with Gasteiger partial charge in [-0.3, -0.25) is 4.57 Å². The summed E-state index contributed by atoms with van der Waals surface area (Å²) in [5.74, 6) is 0. The van der Waals surface area contributed by atoms with Gasteiger partial charge >= 0.3 is 0 Å². The van der Waals surface area contributed by atoms with Crippen LogP contribution in [-0.2, 0) is 0 Å². The first kappa shape index (κ1) is 20.7. The molecule has 0 N–H and O–H groups in total. The van der Waals surface area contributed by atoms with E-state index in [0.717, 1.165) is 21.0 Å². The topological polar surface area (TPSA) is 39.4 Å². The first-order valence-electron chi connectivity index (χ1n) is 7.72. The van der Waals surface area contributed by atoms with Gasteiger partial charge in [0.25, 0.3) is 0 Å². The monoisotopic (exact) mass is 426 g/mol. The summed E-state index contributed by atoms with van der Waals surface area (Å²) >= 11 is 10.7. The van der Waals surface area contributed by atoms with Gasteiger partial charge in [-0.15, -0.1) is 0 Å². The third-order valence-corrected chi connectivity index (χ3v) is 6.33. The average Bonchev–Trinajstić information content (AvgIpc) is 2.96. The van der Waals surface area contributed by atoms with Crippen molar-refractivity contribution in [3.63, 3.8) is 0 Å². The summed E-state index contributed by atoms with van der Waals surface area (Å²) in [6, 6.07) is 8.22. The number of thiocarbonyl (C=S) groups is 2. The molecule has 2 aromatic rings. The average molecular weight is 427 g/mol. The van der Waals surface area contributed by atoms with Crippen LogP contribution in [0.4, 0.5) is 5.69 Å². The highest BCUT2D eigenvalue weighted by Crippen LogP contribution is 2.14. The van der Waals surface area contributed by atoms with Crippen LogP contribution in [0.5, 0.6) is 0 Å². The maximum Gasteiger partial charge on any atom is 0.209 e. The summed E-state index contributed by atoms with van der Waals surface area (Å²) in [6.07, 6.45) is 0. The van der Waals surface area contributed by atoms with Crippen molar-refractivity contribution in [2.24, 2.45) is 9.98 Å². The maximum atomic E-state index is 5.35. The molecule has 0 aliphatic rings. The molecular formula is C16H22N6S4. The third kappa shape index (κ3) is 4.97. The van der Waals surface area contributed by atoms with Crippen molar-refractivity contribution in [2.75, 3.05) is 47.2 Å². The highest BCUT2D eigenvalue weighted by molar-refractivity contribution is 7.80. The Morgan fingerprint density at radius 2 is 1.23 bits per heavy atom. The van der Waals surface area contributed by atoms with E-state index < -0.39 is 0 Å². The zero-order valence-corrected chi connectivity index (χ0v) is 18.9. The third-order valence-electron chi connectivity index (χ3n) is 3.35. The second-order valence-corrected chi connectivity index (χ2v) is 8.85. The van der Waals surface area contributed by atoms with Gasteiger partial charge in [0.1, 0.15) is 0 Å². The van der Waals surface area contributed by atoms with Crippen LogP contribution in [0, 0.1) is 0 Å². The Bertz CT molecular complexity index is 866. The van der Waals surface area contributed by atoms with Crippen molar-refractivity contribution in [1.82, 2.24) is 14.4 Å². The summed E-state index contributed by atoms with van der Waals surface area (Å²) in [5.41, 5.74) is 2.09. The molecule has 0 unspecified atom stereocenters. The van der Waals surface area contributed by atoms with Gasteiger partial charge in [-0.25, -0.2) is 0 Å². The largest absolute Gasteiger partial charge is 0.378 e. The number of aromatic nitrogens is 1. The highest BCUT2D eigenvalue weighted by atomic mass is 32.9. The van der Waals surface area contributed by atoms with Crippen LogP contribution in [0.2, 0.25) is 0 Å². The van der Waals surface area contributed by atoms with Gasteiger partial charge < -0.3 is 14.7 Å². The number of hydrogen-bond donors (Lipinski definition) is 0. The maximum absolute atomic E-state index is 5.35. The predicted molar refractivity (Wildman–Crippen MR) is 120 cm³/mol. The van der Waals surface area contributed by atoms with Crippen molar-refractivity contribution in [3.8, 4) is 5.69 Å². The van der Waals surface area contributed by atoms with Crippen LogP contribution in [0.1, 0.15) is 0 Å². The molecule has 1 aromatic heterocycles. The molecule has 0 aliphatic heterocycles. The number of rotatable bonds is 2. The van der Waals surface area contributed by atoms with Gasteiger partial charge in [-0.2, -0.15) is 9.98 Å². The van der Waals surface area contributed by atoms with E-state index in [1.54, 1.807) is 9.80 Å². The molecule has 1 aromatic carbocycles. The lowest BCUT2D eigenvalue weighted by Gasteiger charge is -2.13. The normalized spacial score (nSPS) is 12.2. The molecule has 0 bridgehead atoms. The molecule has 0 saturated heterocycles. The van der Waals surface area contributed by atoms with Crippen LogP contribution >= 0.6 is 45.1 Å². The Kier molecular flexibility index (Phi) is 7.04. The fourth-order valence-corrected chi connectivity index (χ4v) is 4.25. The van der Waals surface area contributed by atoms with Crippen molar-refractivity contribution >= 4 is 61.0 Å². The SMILES string of the molecule is CN(C)C(=S)N=c1ssc(=NC(=S)N(C)C)n1-c1ccc(N(C)C)cc1. The fourth-order valence-electron chi connectivity index (χ4n) is 1.85. The van der Waals surface area contributed by atoms with Gasteiger partial charge in [0, 0.05) is 48.0 Å². The van der Waals surface area contributed by atoms with E-state index >= 15 is 0 Å². The molecule has 0 amide bonds. The van der Waals surface area contributed by atoms with Gasteiger partial charge in [0.15, 0.2) is 10.2 Å². The quantitative estimate of drug-likeness (QED) is 0.544. The molecule has 0 atom stereocenters. The standard InChI is InChI=1S/C16H22N6S4/c1-19(2)11-7-9-12(10-8-11)22-15(17-13(23)20(3)4)25-26-16(22)18-14(24)21(5)6/h7-10H,1-6H3. The zero-order chi connectivity index (χ0) is 19.4. The molecule has 0 fully saturated rings. The van der Waals surface area contributed by atoms with Gasteiger partial charge in [0.2, 0.25) is 9.60 Å².